The van der Waals surface area contributed by atoms with Crippen LogP contribution in [0.4, 0.5) is 4.79 Å². The third-order valence-corrected chi connectivity index (χ3v) is 3.40. The Morgan fingerprint density at radius 1 is 1.38 bits per heavy atom. The van der Waals surface area contributed by atoms with Crippen molar-refractivity contribution in [3.05, 3.63) is 12.7 Å². The molecule has 1 amide bonds. The Morgan fingerprint density at radius 2 is 2.05 bits per heavy atom. The van der Waals surface area contributed by atoms with Crippen LogP contribution in [0.1, 0.15) is 47.0 Å². The average molecular weight is 297 g/mol. The molecule has 120 valence electrons. The highest BCUT2D eigenvalue weighted by atomic mass is 16.6. The van der Waals surface area contributed by atoms with E-state index in [1.165, 1.54) is 0 Å². The van der Waals surface area contributed by atoms with Gasteiger partial charge in [0.05, 0.1) is 12.5 Å². The molecule has 5 nitrogen and oxygen atoms in total. The second-order valence-corrected chi connectivity index (χ2v) is 6.33. The number of carbonyl (C=O) groups is 2. The first-order valence-electron chi connectivity index (χ1n) is 7.55. The monoisotopic (exact) mass is 297 g/mol. The molecule has 1 aliphatic heterocycles. The predicted octanol–water partition coefficient (Wildman–Crippen LogP) is 3.14. The molecule has 1 rings (SSSR count). The molecule has 0 aromatic heterocycles. The summed E-state index contributed by atoms with van der Waals surface area (Å²) in [4.78, 5) is 25.8. The van der Waals surface area contributed by atoms with Crippen LogP contribution >= 0.6 is 0 Å². The van der Waals surface area contributed by atoms with Crippen LogP contribution in [-0.2, 0) is 14.3 Å². The van der Waals surface area contributed by atoms with Crippen LogP contribution in [0.5, 0.6) is 0 Å². The summed E-state index contributed by atoms with van der Waals surface area (Å²) < 4.78 is 10.5. The largest absolute Gasteiger partial charge is 0.466 e. The van der Waals surface area contributed by atoms with Crippen LogP contribution in [0.25, 0.3) is 0 Å². The predicted molar refractivity (Wildman–Crippen MR) is 80.9 cm³/mol. The van der Waals surface area contributed by atoms with E-state index >= 15 is 0 Å². The second-order valence-electron chi connectivity index (χ2n) is 6.33. The second kappa shape index (κ2) is 7.48. The normalized spacial score (nSPS) is 22.6. The molecule has 0 aromatic rings. The number of hydrogen-bond acceptors (Lipinski definition) is 4. The zero-order valence-electron chi connectivity index (χ0n) is 13.6. The molecular formula is C16H27NO4. The number of ether oxygens (including phenoxy) is 2. The third kappa shape index (κ3) is 5.40. The minimum atomic E-state index is -0.520. The van der Waals surface area contributed by atoms with Crippen molar-refractivity contribution in [3.63, 3.8) is 0 Å². The molecule has 0 aromatic carbocycles. The molecule has 0 saturated carbocycles. The van der Waals surface area contributed by atoms with Crippen LogP contribution in [-0.4, -0.2) is 41.8 Å². The standard InChI is InChI=1S/C16H27NO4/c1-6-8-13-11-12(14(18)20-7-2)9-10-17(13)15(19)21-16(3,4)5/h6,12-13H,1,7-11H2,2-5H3. The minimum Gasteiger partial charge on any atom is -0.466 e. The number of likely N-dealkylation sites (tertiary alicyclic amines) is 1. The lowest BCUT2D eigenvalue weighted by Crippen LogP contribution is -2.49. The van der Waals surface area contributed by atoms with E-state index in [2.05, 4.69) is 6.58 Å². The Hall–Kier alpha value is -1.52. The fourth-order valence-electron chi connectivity index (χ4n) is 2.50. The van der Waals surface area contributed by atoms with Crippen molar-refractivity contribution in [2.75, 3.05) is 13.2 Å². The number of nitrogens with zero attached hydrogens (tertiary/aromatic N) is 1. The van der Waals surface area contributed by atoms with E-state index in [9.17, 15) is 9.59 Å². The van der Waals surface area contributed by atoms with E-state index in [0.29, 0.717) is 32.4 Å². The SMILES string of the molecule is C=CCC1CC(C(=O)OCC)CCN1C(=O)OC(C)(C)C. The summed E-state index contributed by atoms with van der Waals surface area (Å²) in [6.07, 6.45) is 3.32. The van der Waals surface area contributed by atoms with E-state index in [4.69, 9.17) is 9.47 Å². The van der Waals surface area contributed by atoms with Gasteiger partial charge in [-0.15, -0.1) is 6.58 Å². The van der Waals surface area contributed by atoms with E-state index in [0.717, 1.165) is 0 Å². The highest BCUT2D eigenvalue weighted by molar-refractivity contribution is 5.74. The molecule has 0 spiro atoms. The van der Waals surface area contributed by atoms with Gasteiger partial charge in [0.1, 0.15) is 5.60 Å². The van der Waals surface area contributed by atoms with Crippen molar-refractivity contribution in [3.8, 4) is 0 Å². The summed E-state index contributed by atoms with van der Waals surface area (Å²) in [6.45, 7) is 12.0. The molecule has 0 aliphatic carbocycles. The highest BCUT2D eigenvalue weighted by Gasteiger charge is 2.36. The lowest BCUT2D eigenvalue weighted by atomic mass is 9.89. The van der Waals surface area contributed by atoms with Gasteiger partial charge in [0.15, 0.2) is 0 Å². The quantitative estimate of drug-likeness (QED) is 0.591. The summed E-state index contributed by atoms with van der Waals surface area (Å²) in [5.41, 5.74) is -0.520. The number of amides is 1. The fraction of sp³-hybridized carbons (Fsp3) is 0.750. The summed E-state index contributed by atoms with van der Waals surface area (Å²) in [5, 5.41) is 0. The van der Waals surface area contributed by atoms with Crippen LogP contribution in [0, 0.1) is 5.92 Å². The average Bonchev–Trinajstić information content (AvgIpc) is 2.37. The molecule has 1 aliphatic rings. The first kappa shape index (κ1) is 17.5. The zero-order valence-corrected chi connectivity index (χ0v) is 13.6. The number of carbonyl (C=O) groups excluding carboxylic acids is 2. The summed E-state index contributed by atoms with van der Waals surface area (Å²) in [6, 6.07) is -0.0551. The molecule has 1 saturated heterocycles. The van der Waals surface area contributed by atoms with Gasteiger partial charge in [0.2, 0.25) is 0 Å². The van der Waals surface area contributed by atoms with Crippen molar-refractivity contribution in [1.82, 2.24) is 4.90 Å². The third-order valence-electron chi connectivity index (χ3n) is 3.40. The molecule has 2 unspecified atom stereocenters. The lowest BCUT2D eigenvalue weighted by Gasteiger charge is -2.38. The number of hydrogen-bond donors (Lipinski definition) is 0. The van der Waals surface area contributed by atoms with Gasteiger partial charge in [-0.3, -0.25) is 4.79 Å². The van der Waals surface area contributed by atoms with Gasteiger partial charge >= 0.3 is 12.1 Å². The van der Waals surface area contributed by atoms with E-state index in [1.54, 1.807) is 17.9 Å². The van der Waals surface area contributed by atoms with Gasteiger partial charge < -0.3 is 14.4 Å². The number of piperidine rings is 1. The Bertz CT molecular complexity index is 386. The zero-order chi connectivity index (χ0) is 16.0. The Labute approximate surface area is 127 Å². The fourth-order valence-corrected chi connectivity index (χ4v) is 2.50. The minimum absolute atomic E-state index is 0.0551. The van der Waals surface area contributed by atoms with E-state index in [-0.39, 0.29) is 24.0 Å². The lowest BCUT2D eigenvalue weighted by molar-refractivity contribution is -0.150. The molecule has 0 bridgehead atoms. The van der Waals surface area contributed by atoms with E-state index < -0.39 is 5.60 Å². The van der Waals surface area contributed by atoms with Crippen LogP contribution < -0.4 is 0 Å². The van der Waals surface area contributed by atoms with Gasteiger partial charge in [0.25, 0.3) is 0 Å². The molecule has 0 radical (unpaired) electrons. The molecular weight excluding hydrogens is 270 g/mol. The van der Waals surface area contributed by atoms with Crippen LogP contribution in [0.15, 0.2) is 12.7 Å². The molecule has 0 N–H and O–H groups in total. The Kier molecular flexibility index (Phi) is 6.24. The Balaban J connectivity index is 2.72. The molecule has 1 heterocycles. The molecule has 2 atom stereocenters. The first-order valence-corrected chi connectivity index (χ1v) is 7.55. The highest BCUT2D eigenvalue weighted by Crippen LogP contribution is 2.27. The topological polar surface area (TPSA) is 55.8 Å². The van der Waals surface area contributed by atoms with Gasteiger partial charge in [-0.25, -0.2) is 4.79 Å². The molecule has 21 heavy (non-hydrogen) atoms. The maximum absolute atomic E-state index is 12.3. The summed E-state index contributed by atoms with van der Waals surface area (Å²) >= 11 is 0. The van der Waals surface area contributed by atoms with Gasteiger partial charge in [-0.1, -0.05) is 6.08 Å². The summed E-state index contributed by atoms with van der Waals surface area (Å²) in [5.74, 6) is -0.316. The maximum atomic E-state index is 12.3. The van der Waals surface area contributed by atoms with Gasteiger partial charge in [0, 0.05) is 12.6 Å². The van der Waals surface area contributed by atoms with Crippen molar-refractivity contribution < 1.29 is 19.1 Å². The van der Waals surface area contributed by atoms with Crippen molar-refractivity contribution >= 4 is 12.1 Å². The van der Waals surface area contributed by atoms with Gasteiger partial charge in [-0.05, 0) is 47.0 Å². The Morgan fingerprint density at radius 3 is 2.57 bits per heavy atom. The van der Waals surface area contributed by atoms with Crippen LogP contribution in [0.3, 0.4) is 0 Å². The molecule has 1 fully saturated rings. The smallest absolute Gasteiger partial charge is 0.410 e. The number of rotatable bonds is 4. The van der Waals surface area contributed by atoms with Crippen LogP contribution in [0.2, 0.25) is 0 Å². The van der Waals surface area contributed by atoms with Gasteiger partial charge in [-0.2, -0.15) is 0 Å². The van der Waals surface area contributed by atoms with Crippen molar-refractivity contribution in [1.29, 1.82) is 0 Å². The molecule has 5 heteroatoms. The maximum Gasteiger partial charge on any atom is 0.410 e. The first-order chi connectivity index (χ1) is 9.78. The van der Waals surface area contributed by atoms with Crippen molar-refractivity contribution in [2.45, 2.75) is 58.6 Å². The van der Waals surface area contributed by atoms with Crippen molar-refractivity contribution in [2.24, 2.45) is 5.92 Å². The van der Waals surface area contributed by atoms with E-state index in [1.807, 2.05) is 20.8 Å². The number of esters is 1. The summed E-state index contributed by atoms with van der Waals surface area (Å²) in [7, 11) is 0.